The Kier molecular flexibility index (Phi) is 3.26. The fourth-order valence-electron chi connectivity index (χ4n) is 2.71. The van der Waals surface area contributed by atoms with Crippen LogP contribution in [0.3, 0.4) is 0 Å². The lowest BCUT2D eigenvalue weighted by atomic mass is 10.1. The number of H-pyrrole nitrogens is 1. The van der Waals surface area contributed by atoms with E-state index in [4.69, 9.17) is 0 Å². The molecule has 1 aromatic carbocycles. The number of aromatic amines is 1. The van der Waals surface area contributed by atoms with Crippen LogP contribution in [0.2, 0.25) is 0 Å². The zero-order chi connectivity index (χ0) is 16.7. The van der Waals surface area contributed by atoms with Crippen LogP contribution in [0.4, 0.5) is 4.39 Å². The van der Waals surface area contributed by atoms with Crippen molar-refractivity contribution in [2.75, 3.05) is 0 Å². The molecule has 0 radical (unpaired) electrons. The van der Waals surface area contributed by atoms with Gasteiger partial charge in [-0.25, -0.2) is 18.9 Å². The van der Waals surface area contributed by atoms with Crippen LogP contribution in [-0.4, -0.2) is 24.1 Å². The van der Waals surface area contributed by atoms with Crippen LogP contribution in [0.5, 0.6) is 0 Å². The lowest BCUT2D eigenvalue weighted by Gasteiger charge is -2.12. The number of rotatable bonds is 3. The fraction of sp³-hybridized carbons (Fsp3) is 0.118. The molecule has 6 nitrogen and oxygen atoms in total. The third-order valence-electron chi connectivity index (χ3n) is 4.07. The number of aromatic nitrogens is 5. The summed E-state index contributed by atoms with van der Waals surface area (Å²) in [5.74, 6) is -0.307. The minimum absolute atomic E-state index is 0.124. The van der Waals surface area contributed by atoms with Gasteiger partial charge >= 0.3 is 0 Å². The summed E-state index contributed by atoms with van der Waals surface area (Å²) >= 11 is 0. The van der Waals surface area contributed by atoms with Crippen molar-refractivity contribution in [3.63, 3.8) is 0 Å². The van der Waals surface area contributed by atoms with E-state index in [9.17, 15) is 9.18 Å². The Morgan fingerprint density at radius 1 is 1.25 bits per heavy atom. The van der Waals surface area contributed by atoms with Crippen LogP contribution in [0, 0.1) is 5.82 Å². The highest BCUT2D eigenvalue weighted by molar-refractivity contribution is 5.76. The van der Waals surface area contributed by atoms with Crippen molar-refractivity contribution in [1.29, 1.82) is 0 Å². The minimum Gasteiger partial charge on any atom is -0.329 e. The molecule has 0 fully saturated rings. The number of nitrogens with zero attached hydrogens (tertiary/aromatic N) is 4. The number of halogens is 1. The predicted octanol–water partition coefficient (Wildman–Crippen LogP) is 2.63. The summed E-state index contributed by atoms with van der Waals surface area (Å²) in [5, 5.41) is 2.90. The third-order valence-corrected chi connectivity index (χ3v) is 4.07. The number of fused-ring (bicyclic) bond motifs is 1. The minimum atomic E-state index is -0.307. The summed E-state index contributed by atoms with van der Waals surface area (Å²) in [6.45, 7) is 1.95. The molecule has 0 bridgehead atoms. The van der Waals surface area contributed by atoms with Crippen molar-refractivity contribution in [3.05, 3.63) is 77.1 Å². The SMILES string of the molecule is CC(c1cc(=O)n2[nH]cc(-c3ccc(F)cc3)c2n1)n1ccnc1. The van der Waals surface area contributed by atoms with E-state index in [1.165, 1.54) is 22.7 Å². The Balaban J connectivity index is 1.89. The Morgan fingerprint density at radius 3 is 2.75 bits per heavy atom. The molecule has 4 aromatic rings. The highest BCUT2D eigenvalue weighted by Crippen LogP contribution is 2.24. The second-order valence-electron chi connectivity index (χ2n) is 5.56. The summed E-state index contributed by atoms with van der Waals surface area (Å²) in [6, 6.07) is 7.47. The van der Waals surface area contributed by atoms with E-state index in [2.05, 4.69) is 15.1 Å². The van der Waals surface area contributed by atoms with E-state index in [1.807, 2.05) is 17.7 Å². The maximum atomic E-state index is 13.1. The first-order chi connectivity index (χ1) is 11.6. The highest BCUT2D eigenvalue weighted by Gasteiger charge is 2.15. The molecule has 1 atom stereocenters. The highest BCUT2D eigenvalue weighted by atomic mass is 19.1. The predicted molar refractivity (Wildman–Crippen MR) is 87.2 cm³/mol. The molecule has 3 aromatic heterocycles. The number of imidazole rings is 1. The number of hydrogen-bond donors (Lipinski definition) is 1. The molecule has 3 heterocycles. The number of benzene rings is 1. The standard InChI is InChI=1S/C17H14FN5O/c1-11(22-7-6-19-10-22)15-8-16(24)23-17(21-15)14(9-20-23)12-2-4-13(18)5-3-12/h2-11,20H,1H3. The number of hydrogen-bond acceptors (Lipinski definition) is 3. The first-order valence-corrected chi connectivity index (χ1v) is 7.48. The van der Waals surface area contributed by atoms with Crippen LogP contribution >= 0.6 is 0 Å². The van der Waals surface area contributed by atoms with Crippen molar-refractivity contribution in [3.8, 4) is 11.1 Å². The molecule has 4 rings (SSSR count). The molecule has 1 N–H and O–H groups in total. The molecule has 0 aliphatic rings. The Morgan fingerprint density at radius 2 is 2.04 bits per heavy atom. The molecule has 1 unspecified atom stereocenters. The molecule has 0 spiro atoms. The van der Waals surface area contributed by atoms with Crippen LogP contribution in [0.15, 0.2) is 60.0 Å². The largest absolute Gasteiger partial charge is 0.329 e. The van der Waals surface area contributed by atoms with Crippen LogP contribution in [0.1, 0.15) is 18.7 Å². The molecule has 0 amide bonds. The molecule has 24 heavy (non-hydrogen) atoms. The lowest BCUT2D eigenvalue weighted by molar-refractivity contribution is 0.617. The van der Waals surface area contributed by atoms with Gasteiger partial charge < -0.3 is 4.57 Å². The normalized spacial score (nSPS) is 12.6. The summed E-state index contributed by atoms with van der Waals surface area (Å²) in [7, 11) is 0. The third kappa shape index (κ3) is 2.30. The van der Waals surface area contributed by atoms with Crippen LogP contribution in [-0.2, 0) is 0 Å². The van der Waals surface area contributed by atoms with Gasteiger partial charge in [0.2, 0.25) is 0 Å². The van der Waals surface area contributed by atoms with Gasteiger partial charge in [-0.3, -0.25) is 9.89 Å². The molecule has 7 heteroatoms. The molecule has 0 saturated carbocycles. The monoisotopic (exact) mass is 323 g/mol. The maximum Gasteiger partial charge on any atom is 0.272 e. The van der Waals surface area contributed by atoms with Gasteiger partial charge in [-0.05, 0) is 24.6 Å². The van der Waals surface area contributed by atoms with Gasteiger partial charge in [-0.1, -0.05) is 12.1 Å². The smallest absolute Gasteiger partial charge is 0.272 e. The molecule has 0 aliphatic heterocycles. The van der Waals surface area contributed by atoms with Gasteiger partial charge in [-0.2, -0.15) is 0 Å². The second-order valence-corrected chi connectivity index (χ2v) is 5.56. The van der Waals surface area contributed by atoms with Crippen molar-refractivity contribution >= 4 is 5.65 Å². The van der Waals surface area contributed by atoms with E-state index in [0.29, 0.717) is 11.3 Å². The van der Waals surface area contributed by atoms with E-state index in [0.717, 1.165) is 11.1 Å². The first kappa shape index (κ1) is 14.4. The Labute approximate surface area is 136 Å². The molecule has 0 saturated heterocycles. The maximum absolute atomic E-state index is 13.1. The average molecular weight is 323 g/mol. The zero-order valence-electron chi connectivity index (χ0n) is 12.8. The quantitative estimate of drug-likeness (QED) is 0.630. The van der Waals surface area contributed by atoms with E-state index >= 15 is 0 Å². The fourth-order valence-corrected chi connectivity index (χ4v) is 2.71. The Hall–Kier alpha value is -3.22. The van der Waals surface area contributed by atoms with Crippen molar-refractivity contribution < 1.29 is 4.39 Å². The van der Waals surface area contributed by atoms with Crippen molar-refractivity contribution in [2.45, 2.75) is 13.0 Å². The van der Waals surface area contributed by atoms with Crippen LogP contribution in [0.25, 0.3) is 16.8 Å². The summed E-state index contributed by atoms with van der Waals surface area (Å²) in [6.07, 6.45) is 6.89. The molecule has 120 valence electrons. The van der Waals surface area contributed by atoms with Gasteiger partial charge in [0.25, 0.3) is 5.56 Å². The second kappa shape index (κ2) is 5.45. The first-order valence-electron chi connectivity index (χ1n) is 7.48. The van der Waals surface area contributed by atoms with Crippen molar-refractivity contribution in [2.24, 2.45) is 0 Å². The van der Waals surface area contributed by atoms with E-state index in [1.54, 1.807) is 30.9 Å². The van der Waals surface area contributed by atoms with Gasteiger partial charge in [0.1, 0.15) is 5.82 Å². The van der Waals surface area contributed by atoms with Gasteiger partial charge in [0.05, 0.1) is 18.1 Å². The topological polar surface area (TPSA) is 68.0 Å². The van der Waals surface area contributed by atoms with Crippen molar-refractivity contribution in [1.82, 2.24) is 24.1 Å². The number of nitrogens with one attached hydrogen (secondary N) is 1. The summed E-state index contributed by atoms with van der Waals surface area (Å²) in [5.41, 5.74) is 2.48. The Bertz CT molecular complexity index is 1050. The van der Waals surface area contributed by atoms with E-state index in [-0.39, 0.29) is 17.4 Å². The lowest BCUT2D eigenvalue weighted by Crippen LogP contribution is -2.18. The zero-order valence-corrected chi connectivity index (χ0v) is 12.8. The summed E-state index contributed by atoms with van der Waals surface area (Å²) in [4.78, 5) is 21.0. The van der Waals surface area contributed by atoms with Gasteiger partial charge in [-0.15, -0.1) is 0 Å². The average Bonchev–Trinajstić information content (AvgIpc) is 3.24. The molecular formula is C17H14FN5O. The van der Waals surface area contributed by atoms with Crippen LogP contribution < -0.4 is 5.56 Å². The molecular weight excluding hydrogens is 309 g/mol. The summed E-state index contributed by atoms with van der Waals surface area (Å²) < 4.78 is 16.4. The van der Waals surface area contributed by atoms with Gasteiger partial charge in [0, 0.05) is 30.2 Å². The molecule has 0 aliphatic carbocycles. The van der Waals surface area contributed by atoms with Gasteiger partial charge in [0.15, 0.2) is 5.65 Å². The van der Waals surface area contributed by atoms with E-state index < -0.39 is 0 Å².